The quantitative estimate of drug-likeness (QED) is 0.134. The molecule has 6 rings (SSSR count). The highest BCUT2D eigenvalue weighted by molar-refractivity contribution is 7.99. The number of hydrogen-bond donors (Lipinski definition) is 1. The number of piperidine rings is 1. The van der Waals surface area contributed by atoms with E-state index in [2.05, 4.69) is 25.1 Å². The molecular weight excluding hydrogens is 628 g/mol. The standard InChI is InChI=1S/C29H25ClN6O6S2/c30-22-11-5-7-13-24(22)31-26-21-10-4-6-12-23(21)32-29(33-26)43-18-25(37)35-16-14-19(15-17-35)41-27-28(36(38)42-34-27)44(39,40)20-8-2-1-3-9-20/h1-13,19H,14-18H2,(H,31,32,33). The van der Waals surface area contributed by atoms with Gasteiger partial charge in [0.1, 0.15) is 11.9 Å². The SMILES string of the molecule is O=C(CSc1nc(Nc2ccccc2Cl)c2ccccc2n1)N1CCC(Oc2no[n+]([O-])c2S(=O)(=O)c2ccccc2)CC1. The van der Waals surface area contributed by atoms with Crippen LogP contribution in [0.4, 0.5) is 11.5 Å². The number of likely N-dealkylation sites (tertiary alicyclic amines) is 1. The van der Waals surface area contributed by atoms with Crippen LogP contribution < -0.4 is 15.0 Å². The Bertz CT molecular complexity index is 1920. The van der Waals surface area contributed by atoms with Crippen LogP contribution in [-0.2, 0) is 14.6 Å². The first kappa shape index (κ1) is 29.7. The molecule has 0 saturated carbocycles. The minimum atomic E-state index is -4.22. The summed E-state index contributed by atoms with van der Waals surface area (Å²) in [5.41, 5.74) is 1.43. The number of carbonyl (C=O) groups is 1. The monoisotopic (exact) mass is 652 g/mol. The third-order valence-electron chi connectivity index (χ3n) is 6.96. The summed E-state index contributed by atoms with van der Waals surface area (Å²) in [6, 6.07) is 22.4. The molecule has 0 atom stereocenters. The Kier molecular flexibility index (Phi) is 8.55. The molecule has 15 heteroatoms. The molecule has 0 radical (unpaired) electrons. The molecule has 1 amide bonds. The minimum absolute atomic E-state index is 0.0854. The Balaban J connectivity index is 1.08. The zero-order valence-electron chi connectivity index (χ0n) is 23.0. The van der Waals surface area contributed by atoms with E-state index in [-0.39, 0.29) is 21.5 Å². The zero-order chi connectivity index (χ0) is 30.7. The van der Waals surface area contributed by atoms with E-state index in [9.17, 15) is 18.4 Å². The van der Waals surface area contributed by atoms with Crippen molar-refractivity contribution < 1.29 is 27.5 Å². The first-order valence-corrected chi connectivity index (χ1v) is 16.4. The highest BCUT2D eigenvalue weighted by Gasteiger charge is 2.37. The maximum absolute atomic E-state index is 13.1. The number of hydrogen-bond acceptors (Lipinski definition) is 11. The number of amides is 1. The van der Waals surface area contributed by atoms with E-state index in [4.69, 9.17) is 16.3 Å². The lowest BCUT2D eigenvalue weighted by atomic mass is 10.1. The van der Waals surface area contributed by atoms with Crippen molar-refractivity contribution in [2.24, 2.45) is 0 Å². The molecule has 12 nitrogen and oxygen atoms in total. The lowest BCUT2D eigenvalue weighted by Crippen LogP contribution is -2.42. The van der Waals surface area contributed by atoms with Crippen LogP contribution in [-0.4, -0.2) is 59.3 Å². The molecule has 3 heterocycles. The van der Waals surface area contributed by atoms with Crippen molar-refractivity contribution in [2.75, 3.05) is 24.2 Å². The summed E-state index contributed by atoms with van der Waals surface area (Å²) in [5, 5.41) is 20.1. The van der Waals surface area contributed by atoms with Gasteiger partial charge in [0.25, 0.3) is 9.84 Å². The third-order valence-corrected chi connectivity index (χ3v) is 9.85. The number of aromatic nitrogens is 4. The number of thioether (sulfide) groups is 1. The third kappa shape index (κ3) is 6.27. The van der Waals surface area contributed by atoms with E-state index in [0.29, 0.717) is 47.6 Å². The zero-order valence-corrected chi connectivity index (χ0v) is 25.4. The van der Waals surface area contributed by atoms with Crippen molar-refractivity contribution in [1.82, 2.24) is 20.0 Å². The second-order valence-electron chi connectivity index (χ2n) is 9.82. The van der Waals surface area contributed by atoms with Crippen LogP contribution in [0.3, 0.4) is 0 Å². The molecule has 2 aromatic heterocycles. The lowest BCUT2D eigenvalue weighted by molar-refractivity contribution is -0.832. The van der Waals surface area contributed by atoms with E-state index in [1.807, 2.05) is 42.5 Å². The minimum Gasteiger partial charge on any atom is -0.451 e. The molecular formula is C29H25ClN6O6S2. The van der Waals surface area contributed by atoms with Crippen LogP contribution in [0.15, 0.2) is 98.6 Å². The first-order chi connectivity index (χ1) is 21.3. The second-order valence-corrected chi connectivity index (χ2v) is 13.0. The number of anilines is 2. The Morgan fingerprint density at radius 3 is 2.52 bits per heavy atom. The van der Waals surface area contributed by atoms with Crippen LogP contribution in [0.25, 0.3) is 10.9 Å². The largest absolute Gasteiger partial charge is 0.451 e. The van der Waals surface area contributed by atoms with Gasteiger partial charge < -0.3 is 20.2 Å². The number of ether oxygens (including phenoxy) is 1. The average molecular weight is 653 g/mol. The smallest absolute Gasteiger partial charge is 0.415 e. The normalized spacial score (nSPS) is 14.1. The van der Waals surface area contributed by atoms with E-state index in [0.717, 1.165) is 10.9 Å². The van der Waals surface area contributed by atoms with Gasteiger partial charge in [-0.15, -0.1) is 0 Å². The maximum atomic E-state index is 13.1. The Labute approximate surface area is 261 Å². The average Bonchev–Trinajstić information content (AvgIpc) is 3.42. The molecule has 0 bridgehead atoms. The molecule has 1 saturated heterocycles. The fraction of sp³-hybridized carbons (Fsp3) is 0.207. The molecule has 226 valence electrons. The van der Waals surface area contributed by atoms with Gasteiger partial charge in [-0.25, -0.2) is 18.4 Å². The van der Waals surface area contributed by atoms with Gasteiger partial charge in [-0.3, -0.25) is 9.42 Å². The van der Waals surface area contributed by atoms with E-state index < -0.39 is 26.8 Å². The molecule has 0 spiro atoms. The number of halogens is 1. The molecule has 3 aromatic carbocycles. The molecule has 1 N–H and O–H groups in total. The summed E-state index contributed by atoms with van der Waals surface area (Å²) < 4.78 is 36.4. The van der Waals surface area contributed by atoms with Crippen molar-refractivity contribution in [3.8, 4) is 5.88 Å². The molecule has 1 aliphatic rings. The van der Waals surface area contributed by atoms with Crippen LogP contribution in [0, 0.1) is 5.21 Å². The summed E-state index contributed by atoms with van der Waals surface area (Å²) in [4.78, 5) is 23.8. The second kappa shape index (κ2) is 12.7. The molecule has 0 unspecified atom stereocenters. The highest BCUT2D eigenvalue weighted by atomic mass is 35.5. The summed E-state index contributed by atoms with van der Waals surface area (Å²) in [7, 11) is -4.22. The molecule has 1 aliphatic heterocycles. The Morgan fingerprint density at radius 1 is 1.05 bits per heavy atom. The van der Waals surface area contributed by atoms with E-state index >= 15 is 0 Å². The van der Waals surface area contributed by atoms with E-state index in [1.54, 1.807) is 29.2 Å². The summed E-state index contributed by atoms with van der Waals surface area (Å²) in [6.45, 7) is 0.746. The number of fused-ring (bicyclic) bond motifs is 1. The summed E-state index contributed by atoms with van der Waals surface area (Å²) in [6.07, 6.45) is 0.347. The van der Waals surface area contributed by atoms with Gasteiger partial charge in [0, 0.05) is 31.3 Å². The van der Waals surface area contributed by atoms with Gasteiger partial charge in [-0.1, -0.05) is 65.8 Å². The van der Waals surface area contributed by atoms with Gasteiger partial charge in [-0.2, -0.15) is 0 Å². The number of para-hydroxylation sites is 2. The first-order valence-electron chi connectivity index (χ1n) is 13.5. The van der Waals surface area contributed by atoms with Gasteiger partial charge >= 0.3 is 10.9 Å². The number of benzene rings is 3. The van der Waals surface area contributed by atoms with Crippen molar-refractivity contribution in [3.05, 3.63) is 89.1 Å². The van der Waals surface area contributed by atoms with Crippen molar-refractivity contribution in [3.63, 3.8) is 0 Å². The van der Waals surface area contributed by atoms with Gasteiger partial charge in [0.15, 0.2) is 5.16 Å². The summed E-state index contributed by atoms with van der Waals surface area (Å²) >= 11 is 7.57. The number of sulfone groups is 1. The number of rotatable bonds is 9. The van der Waals surface area contributed by atoms with Gasteiger partial charge in [0.2, 0.25) is 5.91 Å². The predicted octanol–water partition coefficient (Wildman–Crippen LogP) is 4.64. The van der Waals surface area contributed by atoms with Gasteiger partial charge in [-0.05, 0) is 41.3 Å². The van der Waals surface area contributed by atoms with Gasteiger partial charge in [0.05, 0.1) is 32.0 Å². The fourth-order valence-electron chi connectivity index (χ4n) is 4.73. The maximum Gasteiger partial charge on any atom is 0.415 e. The van der Waals surface area contributed by atoms with E-state index in [1.165, 1.54) is 23.9 Å². The number of nitrogens with zero attached hydrogens (tertiary/aromatic N) is 5. The summed E-state index contributed by atoms with van der Waals surface area (Å²) in [5.74, 6) is 0.197. The van der Waals surface area contributed by atoms with Crippen molar-refractivity contribution in [1.29, 1.82) is 0 Å². The number of nitrogens with one attached hydrogen (secondary N) is 1. The molecule has 0 aliphatic carbocycles. The molecule has 5 aromatic rings. The molecule has 1 fully saturated rings. The fourth-order valence-corrected chi connectivity index (χ4v) is 6.95. The van der Waals surface area contributed by atoms with Crippen LogP contribution >= 0.6 is 23.4 Å². The molecule has 44 heavy (non-hydrogen) atoms. The topological polar surface area (TPSA) is 154 Å². The Morgan fingerprint density at radius 2 is 1.75 bits per heavy atom. The lowest BCUT2D eigenvalue weighted by Gasteiger charge is -2.31. The predicted molar refractivity (Wildman–Crippen MR) is 163 cm³/mol. The van der Waals surface area contributed by atoms with Crippen LogP contribution in [0.5, 0.6) is 5.88 Å². The van der Waals surface area contributed by atoms with Crippen LogP contribution in [0.1, 0.15) is 12.8 Å². The highest BCUT2D eigenvalue weighted by Crippen LogP contribution is 2.31. The van der Waals surface area contributed by atoms with Crippen molar-refractivity contribution >= 4 is 61.5 Å². The number of carbonyl (C=O) groups excluding carboxylic acids is 1. The van der Waals surface area contributed by atoms with Crippen LogP contribution in [0.2, 0.25) is 5.02 Å². The Hall–Kier alpha value is -4.40. The van der Waals surface area contributed by atoms with Crippen molar-refractivity contribution in [2.45, 2.75) is 34.0 Å².